The first kappa shape index (κ1) is 14.3. The molecule has 1 aromatic carbocycles. The standard InChI is InChI=1S/C17H18O3/c1-11(18)9-10-15-17(14-7-5-4-6-8-14)16(12(2)19)13(3)20-15/h4-8H,9-10H2,1-3H3. The van der Waals surface area contributed by atoms with Crippen LogP contribution in [0.15, 0.2) is 34.7 Å². The number of rotatable bonds is 5. The van der Waals surface area contributed by atoms with Gasteiger partial charge in [-0.15, -0.1) is 0 Å². The van der Waals surface area contributed by atoms with Gasteiger partial charge in [0.05, 0.1) is 5.56 Å². The SMILES string of the molecule is CC(=O)CCc1oc(C)c(C(C)=O)c1-c1ccccc1. The highest BCUT2D eigenvalue weighted by Gasteiger charge is 2.22. The topological polar surface area (TPSA) is 47.3 Å². The molecule has 0 unspecified atom stereocenters. The molecule has 3 nitrogen and oxygen atoms in total. The second kappa shape index (κ2) is 5.87. The largest absolute Gasteiger partial charge is 0.465 e. The molecular weight excluding hydrogens is 252 g/mol. The summed E-state index contributed by atoms with van der Waals surface area (Å²) in [4.78, 5) is 23.1. The zero-order chi connectivity index (χ0) is 14.7. The molecule has 0 spiro atoms. The molecule has 0 N–H and O–H groups in total. The summed E-state index contributed by atoms with van der Waals surface area (Å²) in [7, 11) is 0. The Morgan fingerprint density at radius 2 is 1.75 bits per heavy atom. The Morgan fingerprint density at radius 3 is 2.30 bits per heavy atom. The maximum atomic E-state index is 11.9. The van der Waals surface area contributed by atoms with Crippen molar-refractivity contribution in [2.24, 2.45) is 0 Å². The molecule has 3 heteroatoms. The van der Waals surface area contributed by atoms with Crippen molar-refractivity contribution in [1.29, 1.82) is 0 Å². The van der Waals surface area contributed by atoms with Crippen LogP contribution < -0.4 is 0 Å². The lowest BCUT2D eigenvalue weighted by Gasteiger charge is -2.04. The van der Waals surface area contributed by atoms with Gasteiger partial charge in [0.1, 0.15) is 17.3 Å². The van der Waals surface area contributed by atoms with Crippen LogP contribution >= 0.6 is 0 Å². The summed E-state index contributed by atoms with van der Waals surface area (Å²) in [6.07, 6.45) is 0.942. The van der Waals surface area contributed by atoms with Crippen molar-refractivity contribution in [3.05, 3.63) is 47.4 Å². The number of carbonyl (C=O) groups excluding carboxylic acids is 2. The van der Waals surface area contributed by atoms with Gasteiger partial charge in [-0.3, -0.25) is 4.79 Å². The second-order valence-corrected chi connectivity index (χ2v) is 4.96. The van der Waals surface area contributed by atoms with Crippen molar-refractivity contribution in [2.75, 3.05) is 0 Å². The van der Waals surface area contributed by atoms with E-state index in [0.29, 0.717) is 29.9 Å². The Kier molecular flexibility index (Phi) is 4.18. The Morgan fingerprint density at radius 1 is 1.10 bits per heavy atom. The third kappa shape index (κ3) is 2.87. The van der Waals surface area contributed by atoms with Gasteiger partial charge < -0.3 is 9.21 Å². The molecule has 0 amide bonds. The summed E-state index contributed by atoms with van der Waals surface area (Å²) >= 11 is 0. The van der Waals surface area contributed by atoms with Crippen LogP contribution in [0.5, 0.6) is 0 Å². The minimum Gasteiger partial charge on any atom is -0.465 e. The Balaban J connectivity index is 2.55. The van der Waals surface area contributed by atoms with E-state index < -0.39 is 0 Å². The molecule has 0 saturated heterocycles. The minimum atomic E-state index is -0.0146. The Bertz CT molecular complexity index is 636. The van der Waals surface area contributed by atoms with E-state index in [1.807, 2.05) is 30.3 Å². The number of benzene rings is 1. The van der Waals surface area contributed by atoms with Crippen LogP contribution in [0.2, 0.25) is 0 Å². The fourth-order valence-electron chi connectivity index (χ4n) is 2.40. The number of furan rings is 1. The van der Waals surface area contributed by atoms with Crippen LogP contribution in [0.3, 0.4) is 0 Å². The van der Waals surface area contributed by atoms with Gasteiger partial charge in [0.15, 0.2) is 5.78 Å². The molecule has 0 fully saturated rings. The zero-order valence-electron chi connectivity index (χ0n) is 12.0. The second-order valence-electron chi connectivity index (χ2n) is 4.96. The molecule has 0 bridgehead atoms. The number of hydrogen-bond donors (Lipinski definition) is 0. The summed E-state index contributed by atoms with van der Waals surface area (Å²) in [6, 6.07) is 9.69. The van der Waals surface area contributed by atoms with Gasteiger partial charge in [-0.1, -0.05) is 30.3 Å². The lowest BCUT2D eigenvalue weighted by atomic mass is 9.96. The normalized spacial score (nSPS) is 10.6. The van der Waals surface area contributed by atoms with Gasteiger partial charge in [0.25, 0.3) is 0 Å². The van der Waals surface area contributed by atoms with Crippen molar-refractivity contribution < 1.29 is 14.0 Å². The lowest BCUT2D eigenvalue weighted by Crippen LogP contribution is -1.98. The number of hydrogen-bond acceptors (Lipinski definition) is 3. The molecule has 2 rings (SSSR count). The first-order valence-electron chi connectivity index (χ1n) is 6.68. The number of carbonyl (C=O) groups is 2. The maximum Gasteiger partial charge on any atom is 0.163 e. The first-order chi connectivity index (χ1) is 9.50. The molecule has 0 saturated carbocycles. The summed E-state index contributed by atoms with van der Waals surface area (Å²) in [6.45, 7) is 4.89. The Hall–Kier alpha value is -2.16. The van der Waals surface area contributed by atoms with Crippen LogP contribution in [0.1, 0.15) is 42.1 Å². The lowest BCUT2D eigenvalue weighted by molar-refractivity contribution is -0.117. The highest BCUT2D eigenvalue weighted by atomic mass is 16.3. The predicted molar refractivity (Wildman–Crippen MR) is 77.9 cm³/mol. The van der Waals surface area contributed by atoms with E-state index in [1.165, 1.54) is 0 Å². The van der Waals surface area contributed by atoms with Gasteiger partial charge in [-0.2, -0.15) is 0 Å². The van der Waals surface area contributed by atoms with Crippen LogP contribution in [0, 0.1) is 6.92 Å². The average molecular weight is 270 g/mol. The fourth-order valence-corrected chi connectivity index (χ4v) is 2.40. The van der Waals surface area contributed by atoms with E-state index in [4.69, 9.17) is 4.42 Å². The van der Waals surface area contributed by atoms with Gasteiger partial charge in [-0.25, -0.2) is 0 Å². The highest BCUT2D eigenvalue weighted by molar-refractivity contribution is 6.02. The fraction of sp³-hybridized carbons (Fsp3) is 0.294. The third-order valence-electron chi connectivity index (χ3n) is 3.28. The molecule has 0 aliphatic carbocycles. The van der Waals surface area contributed by atoms with Crippen LogP contribution in [-0.4, -0.2) is 11.6 Å². The summed E-state index contributed by atoms with van der Waals surface area (Å²) in [5, 5.41) is 0. The molecule has 104 valence electrons. The molecule has 0 radical (unpaired) electrons. The summed E-state index contributed by atoms with van der Waals surface area (Å²) in [5.41, 5.74) is 2.40. The zero-order valence-corrected chi connectivity index (χ0v) is 12.0. The van der Waals surface area contributed by atoms with Crippen molar-refractivity contribution in [3.8, 4) is 11.1 Å². The molecule has 1 aromatic heterocycles. The predicted octanol–water partition coefficient (Wildman–Crippen LogP) is 3.98. The molecule has 0 aliphatic heterocycles. The number of Topliss-reactive ketones (excluding diaryl/α,β-unsaturated/α-hetero) is 2. The van der Waals surface area contributed by atoms with Gasteiger partial charge in [0, 0.05) is 18.4 Å². The molecule has 0 atom stereocenters. The molecule has 20 heavy (non-hydrogen) atoms. The van der Waals surface area contributed by atoms with E-state index >= 15 is 0 Å². The van der Waals surface area contributed by atoms with E-state index in [0.717, 1.165) is 11.1 Å². The highest BCUT2D eigenvalue weighted by Crippen LogP contribution is 2.33. The van der Waals surface area contributed by atoms with Gasteiger partial charge >= 0.3 is 0 Å². The molecular formula is C17H18O3. The van der Waals surface area contributed by atoms with E-state index in [-0.39, 0.29) is 11.6 Å². The third-order valence-corrected chi connectivity index (χ3v) is 3.28. The van der Waals surface area contributed by atoms with Crippen molar-refractivity contribution in [3.63, 3.8) is 0 Å². The van der Waals surface area contributed by atoms with Crippen LogP contribution in [0.4, 0.5) is 0 Å². The summed E-state index contributed by atoms with van der Waals surface area (Å²) < 4.78 is 5.74. The minimum absolute atomic E-state index is 0.0146. The van der Waals surface area contributed by atoms with Crippen LogP contribution in [-0.2, 0) is 11.2 Å². The Labute approximate surface area is 118 Å². The molecule has 1 heterocycles. The summed E-state index contributed by atoms with van der Waals surface area (Å²) in [5.74, 6) is 1.44. The quantitative estimate of drug-likeness (QED) is 0.772. The van der Waals surface area contributed by atoms with E-state index in [2.05, 4.69) is 0 Å². The molecule has 2 aromatic rings. The number of ketones is 2. The van der Waals surface area contributed by atoms with Gasteiger partial charge in [-0.05, 0) is 26.3 Å². The smallest absolute Gasteiger partial charge is 0.163 e. The van der Waals surface area contributed by atoms with Gasteiger partial charge in [0.2, 0.25) is 0 Å². The monoisotopic (exact) mass is 270 g/mol. The first-order valence-corrected chi connectivity index (χ1v) is 6.68. The van der Waals surface area contributed by atoms with Crippen molar-refractivity contribution >= 4 is 11.6 Å². The van der Waals surface area contributed by atoms with Crippen molar-refractivity contribution in [2.45, 2.75) is 33.6 Å². The number of aryl methyl sites for hydroxylation is 2. The molecule has 0 aliphatic rings. The van der Waals surface area contributed by atoms with E-state index in [9.17, 15) is 9.59 Å². The van der Waals surface area contributed by atoms with Crippen LogP contribution in [0.25, 0.3) is 11.1 Å². The average Bonchev–Trinajstić information content (AvgIpc) is 2.74. The van der Waals surface area contributed by atoms with E-state index in [1.54, 1.807) is 20.8 Å². The maximum absolute atomic E-state index is 11.9. The van der Waals surface area contributed by atoms with Crippen molar-refractivity contribution in [1.82, 2.24) is 0 Å².